The van der Waals surface area contributed by atoms with Gasteiger partial charge in [0.05, 0.1) is 12.6 Å². The Bertz CT molecular complexity index is 640. The lowest BCUT2D eigenvalue weighted by molar-refractivity contribution is 0.240. The number of carbonyl (C=O) groups excluding carboxylic acids is 1. The van der Waals surface area contributed by atoms with Crippen LogP contribution in [0.2, 0.25) is 0 Å². The minimum absolute atomic E-state index is 0.0682. The van der Waals surface area contributed by atoms with Crippen molar-refractivity contribution in [1.82, 2.24) is 20.1 Å². The van der Waals surface area contributed by atoms with Gasteiger partial charge in [0.25, 0.3) is 0 Å². The van der Waals surface area contributed by atoms with Crippen molar-refractivity contribution in [2.24, 2.45) is 0 Å². The molecule has 0 fully saturated rings. The highest BCUT2D eigenvalue weighted by Crippen LogP contribution is 2.22. The second-order valence-electron chi connectivity index (χ2n) is 5.76. The molecule has 124 valence electrons. The third-order valence-electron chi connectivity index (χ3n) is 3.10. The summed E-state index contributed by atoms with van der Waals surface area (Å²) in [6.45, 7) is 8.39. The van der Waals surface area contributed by atoms with Crippen molar-refractivity contribution in [1.29, 1.82) is 0 Å². The Labute approximate surface area is 136 Å². The van der Waals surface area contributed by atoms with Crippen LogP contribution in [0.5, 0.6) is 5.75 Å². The number of amides is 2. The normalized spacial score (nSPS) is 12.0. The molecular weight excluding hydrogens is 294 g/mol. The minimum atomic E-state index is -0.255. The minimum Gasteiger partial charge on any atom is -0.491 e. The zero-order valence-corrected chi connectivity index (χ0v) is 13.9. The highest BCUT2D eigenvalue weighted by molar-refractivity contribution is 5.89. The molecule has 2 aromatic rings. The van der Waals surface area contributed by atoms with Gasteiger partial charge in [-0.25, -0.2) is 9.78 Å². The summed E-state index contributed by atoms with van der Waals surface area (Å²) in [5.41, 5.74) is 1.70. The average molecular weight is 317 g/mol. The molecule has 1 aromatic carbocycles. The van der Waals surface area contributed by atoms with Gasteiger partial charge in [-0.1, -0.05) is 0 Å². The molecule has 0 spiro atoms. The SMILES string of the molecule is Cc1cc(NC(=O)N[C@@H](C)Cn2cncn2)ccc1OC(C)C. The second-order valence-corrected chi connectivity index (χ2v) is 5.76. The lowest BCUT2D eigenvalue weighted by Crippen LogP contribution is -2.38. The molecule has 1 aromatic heterocycles. The zero-order valence-electron chi connectivity index (χ0n) is 13.9. The number of aryl methyl sites for hydroxylation is 1. The Balaban J connectivity index is 1.88. The average Bonchev–Trinajstić information content (AvgIpc) is 2.94. The number of ether oxygens (including phenoxy) is 1. The molecule has 1 atom stereocenters. The molecule has 0 unspecified atom stereocenters. The van der Waals surface area contributed by atoms with Gasteiger partial charge in [-0.15, -0.1) is 0 Å². The molecule has 0 aliphatic carbocycles. The third kappa shape index (κ3) is 5.28. The smallest absolute Gasteiger partial charge is 0.319 e. The number of anilines is 1. The maximum atomic E-state index is 12.0. The van der Waals surface area contributed by atoms with E-state index in [-0.39, 0.29) is 18.2 Å². The van der Waals surface area contributed by atoms with Crippen molar-refractivity contribution in [3.63, 3.8) is 0 Å². The molecule has 0 bridgehead atoms. The molecule has 2 rings (SSSR count). The van der Waals surface area contributed by atoms with Gasteiger partial charge < -0.3 is 15.4 Å². The van der Waals surface area contributed by atoms with Crippen molar-refractivity contribution < 1.29 is 9.53 Å². The van der Waals surface area contributed by atoms with E-state index in [2.05, 4.69) is 20.7 Å². The standard InChI is InChI=1S/C16H23N5O2/c1-11(2)23-15-6-5-14(7-12(15)3)20-16(22)19-13(4)8-21-10-17-9-18-21/h5-7,9-11,13H,8H2,1-4H3,(H2,19,20,22)/t13-/m0/s1. The number of urea groups is 1. The van der Waals surface area contributed by atoms with Gasteiger partial charge >= 0.3 is 6.03 Å². The van der Waals surface area contributed by atoms with E-state index in [4.69, 9.17) is 4.74 Å². The summed E-state index contributed by atoms with van der Waals surface area (Å²) in [6.07, 6.45) is 3.21. The summed E-state index contributed by atoms with van der Waals surface area (Å²) in [4.78, 5) is 15.9. The van der Waals surface area contributed by atoms with Crippen LogP contribution in [-0.2, 0) is 6.54 Å². The first-order valence-corrected chi connectivity index (χ1v) is 7.61. The molecule has 1 heterocycles. The number of rotatable bonds is 6. The highest BCUT2D eigenvalue weighted by atomic mass is 16.5. The fourth-order valence-corrected chi connectivity index (χ4v) is 2.16. The van der Waals surface area contributed by atoms with Gasteiger partial charge in [0.2, 0.25) is 0 Å². The number of carbonyl (C=O) groups is 1. The zero-order chi connectivity index (χ0) is 16.8. The summed E-state index contributed by atoms with van der Waals surface area (Å²) in [5.74, 6) is 0.825. The lowest BCUT2D eigenvalue weighted by Gasteiger charge is -2.16. The number of nitrogens with zero attached hydrogens (tertiary/aromatic N) is 3. The summed E-state index contributed by atoms with van der Waals surface area (Å²) >= 11 is 0. The quantitative estimate of drug-likeness (QED) is 0.858. The Morgan fingerprint density at radius 2 is 2.13 bits per heavy atom. The Kier molecular flexibility index (Phi) is 5.56. The van der Waals surface area contributed by atoms with Gasteiger partial charge in [0.15, 0.2) is 0 Å². The van der Waals surface area contributed by atoms with E-state index in [1.54, 1.807) is 11.0 Å². The van der Waals surface area contributed by atoms with E-state index in [0.29, 0.717) is 6.54 Å². The highest BCUT2D eigenvalue weighted by Gasteiger charge is 2.10. The predicted octanol–water partition coefficient (Wildman–Crippen LogP) is 2.58. The van der Waals surface area contributed by atoms with E-state index in [1.165, 1.54) is 6.33 Å². The van der Waals surface area contributed by atoms with Crippen molar-refractivity contribution in [3.05, 3.63) is 36.4 Å². The number of hydrogen-bond acceptors (Lipinski definition) is 4. The molecule has 2 amide bonds. The molecule has 0 aliphatic heterocycles. The number of benzene rings is 1. The van der Waals surface area contributed by atoms with Crippen molar-refractivity contribution in [3.8, 4) is 5.75 Å². The summed E-state index contributed by atoms with van der Waals surface area (Å²) in [6, 6.07) is 5.26. The van der Waals surface area contributed by atoms with Crippen LogP contribution in [-0.4, -0.2) is 32.9 Å². The molecule has 0 saturated carbocycles. The molecule has 0 aliphatic rings. The summed E-state index contributed by atoms with van der Waals surface area (Å²) in [7, 11) is 0. The van der Waals surface area contributed by atoms with Crippen LogP contribution in [0.15, 0.2) is 30.9 Å². The monoisotopic (exact) mass is 317 g/mol. The van der Waals surface area contributed by atoms with Crippen LogP contribution >= 0.6 is 0 Å². The van der Waals surface area contributed by atoms with Crippen LogP contribution in [0.25, 0.3) is 0 Å². The van der Waals surface area contributed by atoms with Gasteiger partial charge in [-0.3, -0.25) is 4.68 Å². The lowest BCUT2D eigenvalue weighted by atomic mass is 10.2. The van der Waals surface area contributed by atoms with Crippen molar-refractivity contribution in [2.75, 3.05) is 5.32 Å². The Morgan fingerprint density at radius 3 is 2.74 bits per heavy atom. The van der Waals surface area contributed by atoms with Crippen LogP contribution in [0, 0.1) is 6.92 Å². The Morgan fingerprint density at radius 1 is 1.35 bits per heavy atom. The molecule has 0 radical (unpaired) electrons. The number of aromatic nitrogens is 3. The first-order chi connectivity index (χ1) is 10.9. The molecule has 23 heavy (non-hydrogen) atoms. The fourth-order valence-electron chi connectivity index (χ4n) is 2.16. The van der Waals surface area contributed by atoms with Gasteiger partial charge in [-0.2, -0.15) is 5.10 Å². The molecular formula is C16H23N5O2. The van der Waals surface area contributed by atoms with E-state index in [0.717, 1.165) is 17.0 Å². The van der Waals surface area contributed by atoms with Gasteiger partial charge in [0.1, 0.15) is 18.4 Å². The second kappa shape index (κ2) is 7.62. The molecule has 7 nitrogen and oxygen atoms in total. The fraction of sp³-hybridized carbons (Fsp3) is 0.438. The van der Waals surface area contributed by atoms with Crippen LogP contribution in [0.3, 0.4) is 0 Å². The van der Waals surface area contributed by atoms with E-state index in [1.807, 2.05) is 45.9 Å². The van der Waals surface area contributed by atoms with Crippen molar-refractivity contribution in [2.45, 2.75) is 46.4 Å². The maximum absolute atomic E-state index is 12.0. The molecule has 2 N–H and O–H groups in total. The van der Waals surface area contributed by atoms with Crippen LogP contribution in [0.4, 0.5) is 10.5 Å². The number of nitrogens with one attached hydrogen (secondary N) is 2. The topological polar surface area (TPSA) is 81.1 Å². The summed E-state index contributed by atoms with van der Waals surface area (Å²) < 4.78 is 7.36. The van der Waals surface area contributed by atoms with E-state index < -0.39 is 0 Å². The largest absolute Gasteiger partial charge is 0.491 e. The predicted molar refractivity (Wildman–Crippen MR) is 88.6 cm³/mol. The molecule has 0 saturated heterocycles. The third-order valence-corrected chi connectivity index (χ3v) is 3.10. The maximum Gasteiger partial charge on any atom is 0.319 e. The first-order valence-electron chi connectivity index (χ1n) is 7.61. The molecule has 7 heteroatoms. The van der Waals surface area contributed by atoms with Gasteiger partial charge in [0, 0.05) is 11.7 Å². The first kappa shape index (κ1) is 16.8. The Hall–Kier alpha value is -2.57. The van der Waals surface area contributed by atoms with Gasteiger partial charge in [-0.05, 0) is 51.5 Å². The number of hydrogen-bond donors (Lipinski definition) is 2. The van der Waals surface area contributed by atoms with E-state index in [9.17, 15) is 4.79 Å². The van der Waals surface area contributed by atoms with Crippen LogP contribution in [0.1, 0.15) is 26.3 Å². The van der Waals surface area contributed by atoms with E-state index >= 15 is 0 Å². The van der Waals surface area contributed by atoms with Crippen molar-refractivity contribution >= 4 is 11.7 Å². The van der Waals surface area contributed by atoms with Crippen LogP contribution < -0.4 is 15.4 Å². The summed E-state index contributed by atoms with van der Waals surface area (Å²) in [5, 5.41) is 9.70.